The van der Waals surface area contributed by atoms with Crippen molar-refractivity contribution < 1.29 is 13.2 Å². The van der Waals surface area contributed by atoms with Gasteiger partial charge in [0.05, 0.1) is 23.5 Å². The Bertz CT molecular complexity index is 946. The molecule has 9 heteroatoms. The number of dihydropyridines is 1. The molecular weight excluding hydrogens is 405 g/mol. The molecule has 0 amide bonds. The van der Waals surface area contributed by atoms with Crippen molar-refractivity contribution in [3.8, 4) is 0 Å². The van der Waals surface area contributed by atoms with E-state index >= 15 is 0 Å². The van der Waals surface area contributed by atoms with E-state index in [0.717, 1.165) is 37.9 Å². The van der Waals surface area contributed by atoms with Crippen LogP contribution in [0, 0.1) is 6.92 Å². The van der Waals surface area contributed by atoms with E-state index in [1.807, 2.05) is 12.3 Å². The van der Waals surface area contributed by atoms with Crippen LogP contribution in [0.25, 0.3) is 0 Å². The second-order valence-corrected chi connectivity index (χ2v) is 7.91. The number of piperazine rings is 1. The maximum Gasteiger partial charge on any atom is 0.416 e. The van der Waals surface area contributed by atoms with E-state index in [-0.39, 0.29) is 17.9 Å². The van der Waals surface area contributed by atoms with E-state index in [1.54, 1.807) is 13.0 Å². The molecule has 6 nitrogen and oxygen atoms in total. The highest BCUT2D eigenvalue weighted by Crippen LogP contribution is 2.33. The second-order valence-electron chi connectivity index (χ2n) is 7.91. The van der Waals surface area contributed by atoms with Gasteiger partial charge in [-0.2, -0.15) is 13.2 Å². The number of amidine groups is 1. The van der Waals surface area contributed by atoms with Crippen LogP contribution < -0.4 is 16.8 Å². The first-order valence-electron chi connectivity index (χ1n) is 10.1. The third kappa shape index (κ3) is 5.22. The molecule has 2 aliphatic rings. The zero-order valence-electron chi connectivity index (χ0n) is 18.1. The summed E-state index contributed by atoms with van der Waals surface area (Å²) in [5.74, 6) is 0.226. The van der Waals surface area contributed by atoms with Crippen LogP contribution in [0.15, 0.2) is 58.1 Å². The maximum atomic E-state index is 13.2. The minimum atomic E-state index is -4.40. The number of alkyl halides is 3. The molecule has 1 saturated heterocycles. The van der Waals surface area contributed by atoms with Gasteiger partial charge < -0.3 is 26.6 Å². The molecule has 1 fully saturated rings. The summed E-state index contributed by atoms with van der Waals surface area (Å²) in [7, 11) is 2.09. The van der Waals surface area contributed by atoms with Crippen LogP contribution in [0.4, 0.5) is 13.2 Å². The lowest BCUT2D eigenvalue weighted by atomic mass is 10.0. The van der Waals surface area contributed by atoms with Gasteiger partial charge in [-0.05, 0) is 44.2 Å². The number of benzene rings is 1. The van der Waals surface area contributed by atoms with Crippen molar-refractivity contribution in [2.75, 3.05) is 33.2 Å². The van der Waals surface area contributed by atoms with E-state index in [1.165, 1.54) is 13.0 Å². The van der Waals surface area contributed by atoms with Crippen LogP contribution in [0.3, 0.4) is 0 Å². The Morgan fingerprint density at radius 1 is 1.16 bits per heavy atom. The quantitative estimate of drug-likeness (QED) is 0.501. The standard InChI is InChI=1S/C22H29F3N6/c1-14-16(5-4-6-19(14)22(23,24)25)12-29-21(27)18-11-17(13-28-20(18)15(2)26)31-9-7-30(3)8-10-31/h4-6,11,13,28H,7-10,12,26H2,1-3H3,(H2,27,29)/b20-15+. The van der Waals surface area contributed by atoms with Gasteiger partial charge in [0, 0.05) is 43.6 Å². The number of likely N-dealkylation sites (N-methyl/N-ethyl adjacent to an activating group) is 1. The number of halogens is 3. The van der Waals surface area contributed by atoms with Gasteiger partial charge in [0.1, 0.15) is 5.84 Å². The third-order valence-corrected chi connectivity index (χ3v) is 5.64. The summed E-state index contributed by atoms with van der Waals surface area (Å²) in [5.41, 5.74) is 15.1. The molecule has 1 aromatic rings. The van der Waals surface area contributed by atoms with Crippen molar-refractivity contribution in [3.63, 3.8) is 0 Å². The summed E-state index contributed by atoms with van der Waals surface area (Å²) in [6, 6.07) is 4.10. The summed E-state index contributed by atoms with van der Waals surface area (Å²) in [6.07, 6.45) is -0.573. The highest BCUT2D eigenvalue weighted by atomic mass is 19.4. The van der Waals surface area contributed by atoms with Crippen molar-refractivity contribution >= 4 is 5.84 Å². The first-order chi connectivity index (χ1) is 14.6. The van der Waals surface area contributed by atoms with Gasteiger partial charge in [0.15, 0.2) is 0 Å². The number of nitrogens with two attached hydrogens (primary N) is 2. The topological polar surface area (TPSA) is 82.9 Å². The monoisotopic (exact) mass is 434 g/mol. The Labute approximate surface area is 180 Å². The van der Waals surface area contributed by atoms with Gasteiger partial charge in [-0.3, -0.25) is 4.99 Å². The van der Waals surface area contributed by atoms with Crippen LogP contribution in [-0.4, -0.2) is 48.9 Å². The normalized spacial score (nSPS) is 20.2. The SMILES string of the molecule is C/C(N)=C1\NC=C(N2CCN(C)CC2)C=C1C(N)=NCc1cccc(C(F)(F)F)c1C. The Kier molecular flexibility index (Phi) is 6.64. The van der Waals surface area contributed by atoms with Gasteiger partial charge in [-0.25, -0.2) is 0 Å². The Morgan fingerprint density at radius 3 is 2.45 bits per heavy atom. The summed E-state index contributed by atoms with van der Waals surface area (Å²) < 4.78 is 39.6. The van der Waals surface area contributed by atoms with E-state index in [4.69, 9.17) is 11.5 Å². The van der Waals surface area contributed by atoms with Crippen molar-refractivity contribution in [1.29, 1.82) is 0 Å². The molecule has 0 aliphatic carbocycles. The molecule has 5 N–H and O–H groups in total. The van der Waals surface area contributed by atoms with Gasteiger partial charge in [-0.15, -0.1) is 0 Å². The highest BCUT2D eigenvalue weighted by molar-refractivity contribution is 6.01. The minimum Gasteiger partial charge on any atom is -0.401 e. The fourth-order valence-electron chi connectivity index (χ4n) is 3.68. The first-order valence-corrected chi connectivity index (χ1v) is 10.1. The fourth-order valence-corrected chi connectivity index (χ4v) is 3.68. The lowest BCUT2D eigenvalue weighted by Crippen LogP contribution is -2.44. The molecule has 31 heavy (non-hydrogen) atoms. The molecule has 0 unspecified atom stereocenters. The maximum absolute atomic E-state index is 13.2. The zero-order chi connectivity index (χ0) is 22.8. The van der Waals surface area contributed by atoms with Crippen LogP contribution in [-0.2, 0) is 12.7 Å². The number of nitrogens with one attached hydrogen (secondary N) is 1. The lowest BCUT2D eigenvalue weighted by molar-refractivity contribution is -0.138. The van der Waals surface area contributed by atoms with Crippen molar-refractivity contribution in [3.05, 3.63) is 69.8 Å². The van der Waals surface area contributed by atoms with Crippen LogP contribution in [0.5, 0.6) is 0 Å². The number of rotatable bonds is 4. The predicted molar refractivity (Wildman–Crippen MR) is 117 cm³/mol. The number of hydrogen-bond acceptors (Lipinski definition) is 5. The number of allylic oxidation sites excluding steroid dienone is 2. The molecule has 0 atom stereocenters. The summed E-state index contributed by atoms with van der Waals surface area (Å²) >= 11 is 0. The molecule has 3 rings (SSSR count). The van der Waals surface area contributed by atoms with Gasteiger partial charge in [-0.1, -0.05) is 12.1 Å². The Hall–Kier alpha value is -2.94. The van der Waals surface area contributed by atoms with Crippen LogP contribution in [0.1, 0.15) is 23.6 Å². The molecule has 0 saturated carbocycles. The van der Waals surface area contributed by atoms with Crippen molar-refractivity contribution in [2.24, 2.45) is 16.5 Å². The van der Waals surface area contributed by atoms with Crippen LogP contribution >= 0.6 is 0 Å². The summed E-state index contributed by atoms with van der Waals surface area (Å²) in [4.78, 5) is 8.92. The van der Waals surface area contributed by atoms with Crippen molar-refractivity contribution in [2.45, 2.75) is 26.6 Å². The molecule has 168 valence electrons. The van der Waals surface area contributed by atoms with Crippen LogP contribution in [0.2, 0.25) is 0 Å². The summed E-state index contributed by atoms with van der Waals surface area (Å²) in [5, 5.41) is 3.21. The molecule has 2 aliphatic heterocycles. The van der Waals surface area contributed by atoms with Gasteiger partial charge in [0.25, 0.3) is 0 Å². The number of nitrogens with zero attached hydrogens (tertiary/aromatic N) is 3. The highest BCUT2D eigenvalue weighted by Gasteiger charge is 2.32. The molecule has 0 aromatic heterocycles. The largest absolute Gasteiger partial charge is 0.416 e. The number of aliphatic imine (C=N–C) groups is 1. The van der Waals surface area contributed by atoms with E-state index in [9.17, 15) is 13.2 Å². The second kappa shape index (κ2) is 9.05. The zero-order valence-corrected chi connectivity index (χ0v) is 18.1. The molecule has 0 spiro atoms. The van der Waals surface area contributed by atoms with E-state index < -0.39 is 11.7 Å². The number of hydrogen-bond donors (Lipinski definition) is 3. The first kappa shape index (κ1) is 22.7. The Morgan fingerprint density at radius 2 is 1.84 bits per heavy atom. The average Bonchev–Trinajstić information content (AvgIpc) is 2.72. The summed E-state index contributed by atoms with van der Waals surface area (Å²) in [6.45, 7) is 6.94. The fraction of sp³-hybridized carbons (Fsp3) is 0.409. The average molecular weight is 435 g/mol. The molecule has 0 radical (unpaired) electrons. The van der Waals surface area contributed by atoms with E-state index in [2.05, 4.69) is 27.2 Å². The molecule has 0 bridgehead atoms. The van der Waals surface area contributed by atoms with Gasteiger partial charge in [0.2, 0.25) is 0 Å². The van der Waals surface area contributed by atoms with Crippen molar-refractivity contribution in [1.82, 2.24) is 15.1 Å². The third-order valence-electron chi connectivity index (χ3n) is 5.64. The smallest absolute Gasteiger partial charge is 0.401 e. The molecular formula is C22H29F3N6. The van der Waals surface area contributed by atoms with Gasteiger partial charge >= 0.3 is 6.18 Å². The van der Waals surface area contributed by atoms with E-state index in [0.29, 0.717) is 22.5 Å². The molecule has 2 heterocycles. The Balaban J connectivity index is 1.87. The lowest BCUT2D eigenvalue weighted by Gasteiger charge is -2.36. The minimum absolute atomic E-state index is 0.0450. The predicted octanol–water partition coefficient (Wildman–Crippen LogP) is 2.68. The molecule has 1 aromatic carbocycles.